The third-order valence-electron chi connectivity index (χ3n) is 3.22. The maximum Gasteiger partial charge on any atom is 0.350 e. The van der Waals surface area contributed by atoms with E-state index in [1.165, 1.54) is 10.5 Å². The van der Waals surface area contributed by atoms with E-state index in [4.69, 9.17) is 0 Å². The smallest absolute Gasteiger partial charge is 0.350 e. The summed E-state index contributed by atoms with van der Waals surface area (Å²) in [7, 11) is 0. The quantitative estimate of drug-likeness (QED) is 0.780. The summed E-state index contributed by atoms with van der Waals surface area (Å²) in [5.41, 5.74) is 0.462. The highest BCUT2D eigenvalue weighted by molar-refractivity contribution is 5.75. The Morgan fingerprint density at radius 1 is 1.18 bits per heavy atom. The van der Waals surface area contributed by atoms with Gasteiger partial charge in [-0.3, -0.25) is 9.20 Å². The first-order valence-corrected chi connectivity index (χ1v) is 6.69. The van der Waals surface area contributed by atoms with Crippen molar-refractivity contribution in [1.29, 1.82) is 0 Å². The minimum atomic E-state index is -0.409. The van der Waals surface area contributed by atoms with Crippen LogP contribution < -0.4 is 11.0 Å². The van der Waals surface area contributed by atoms with Gasteiger partial charge in [-0.05, 0) is 18.2 Å². The van der Waals surface area contributed by atoms with E-state index in [9.17, 15) is 14.0 Å². The molecule has 22 heavy (non-hydrogen) atoms. The maximum absolute atomic E-state index is 13.4. The lowest BCUT2D eigenvalue weighted by Gasteiger charge is -2.05. The highest BCUT2D eigenvalue weighted by Crippen LogP contribution is 2.05. The van der Waals surface area contributed by atoms with Crippen LogP contribution in [0.3, 0.4) is 0 Å². The molecule has 2 aromatic heterocycles. The van der Waals surface area contributed by atoms with Crippen molar-refractivity contribution in [2.75, 3.05) is 0 Å². The van der Waals surface area contributed by atoms with Crippen LogP contribution in [0.1, 0.15) is 5.56 Å². The predicted molar refractivity (Wildman–Crippen MR) is 77.7 cm³/mol. The van der Waals surface area contributed by atoms with Crippen molar-refractivity contribution in [2.24, 2.45) is 0 Å². The number of carbonyl (C=O) groups excluding carboxylic acids is 1. The second-order valence-electron chi connectivity index (χ2n) is 4.74. The van der Waals surface area contributed by atoms with Crippen molar-refractivity contribution in [3.05, 3.63) is 70.5 Å². The van der Waals surface area contributed by atoms with Crippen LogP contribution in [0.5, 0.6) is 0 Å². The fourth-order valence-electron chi connectivity index (χ4n) is 2.10. The lowest BCUT2D eigenvalue weighted by molar-refractivity contribution is -0.122. The second kappa shape index (κ2) is 5.80. The predicted octanol–water partition coefficient (Wildman–Crippen LogP) is 0.951. The molecule has 3 aromatic rings. The van der Waals surface area contributed by atoms with Crippen LogP contribution in [-0.4, -0.2) is 20.1 Å². The normalized spacial score (nSPS) is 10.8. The van der Waals surface area contributed by atoms with Gasteiger partial charge in [-0.2, -0.15) is 0 Å². The topological polar surface area (TPSA) is 68.4 Å². The zero-order valence-electron chi connectivity index (χ0n) is 11.6. The number of rotatable bonds is 4. The van der Waals surface area contributed by atoms with E-state index in [-0.39, 0.29) is 18.9 Å². The highest BCUT2D eigenvalue weighted by atomic mass is 19.1. The van der Waals surface area contributed by atoms with E-state index < -0.39 is 11.6 Å². The Balaban J connectivity index is 1.70. The van der Waals surface area contributed by atoms with E-state index in [1.807, 2.05) is 0 Å². The Hall–Kier alpha value is -2.96. The highest BCUT2D eigenvalue weighted by Gasteiger charge is 2.10. The third-order valence-corrected chi connectivity index (χ3v) is 3.22. The van der Waals surface area contributed by atoms with Crippen LogP contribution in [0, 0.1) is 5.82 Å². The average Bonchev–Trinajstić information content (AvgIpc) is 2.83. The molecule has 0 aliphatic carbocycles. The zero-order valence-corrected chi connectivity index (χ0v) is 11.6. The molecule has 3 rings (SSSR count). The number of carbonyl (C=O) groups is 1. The maximum atomic E-state index is 13.4. The molecule has 0 spiro atoms. The number of nitrogens with one attached hydrogen (secondary N) is 1. The molecule has 0 saturated heterocycles. The molecule has 0 radical (unpaired) electrons. The largest absolute Gasteiger partial charge is 0.350 e. The lowest BCUT2D eigenvalue weighted by Crippen LogP contribution is -2.32. The number of halogens is 1. The van der Waals surface area contributed by atoms with Crippen molar-refractivity contribution in [3.8, 4) is 0 Å². The van der Waals surface area contributed by atoms with Gasteiger partial charge < -0.3 is 5.32 Å². The third kappa shape index (κ3) is 2.73. The van der Waals surface area contributed by atoms with Crippen LogP contribution in [0.2, 0.25) is 0 Å². The molecule has 112 valence electrons. The van der Waals surface area contributed by atoms with E-state index in [0.717, 1.165) is 4.68 Å². The van der Waals surface area contributed by atoms with Crippen molar-refractivity contribution >= 4 is 11.6 Å². The lowest BCUT2D eigenvalue weighted by atomic mass is 10.2. The van der Waals surface area contributed by atoms with Gasteiger partial charge in [0, 0.05) is 18.3 Å². The summed E-state index contributed by atoms with van der Waals surface area (Å²) in [6, 6.07) is 11.3. The molecule has 2 heterocycles. The number of nitrogens with zero attached hydrogens (tertiary/aromatic N) is 3. The number of pyridine rings is 1. The van der Waals surface area contributed by atoms with E-state index in [2.05, 4.69) is 10.4 Å². The Morgan fingerprint density at radius 2 is 1.95 bits per heavy atom. The van der Waals surface area contributed by atoms with E-state index in [1.54, 1.807) is 42.6 Å². The molecule has 0 aliphatic rings. The summed E-state index contributed by atoms with van der Waals surface area (Å²) in [5, 5.41) is 6.63. The van der Waals surface area contributed by atoms with Crippen LogP contribution in [0.4, 0.5) is 4.39 Å². The van der Waals surface area contributed by atoms with Crippen molar-refractivity contribution < 1.29 is 9.18 Å². The molecule has 7 heteroatoms. The molecule has 0 bridgehead atoms. The Labute approximate surface area is 124 Å². The standard InChI is InChI=1S/C15H13FN4O2/c16-12-6-2-1-5-11(12)9-17-14(21)10-20-15(22)19-8-4-3-7-13(19)18-20/h1-8H,9-10H2,(H,17,21). The Bertz CT molecular complexity index is 884. The summed E-state index contributed by atoms with van der Waals surface area (Å²) in [5.74, 6) is -0.790. The van der Waals surface area contributed by atoms with Gasteiger partial charge in [0.25, 0.3) is 0 Å². The Kier molecular flexibility index (Phi) is 3.69. The first-order valence-electron chi connectivity index (χ1n) is 6.69. The van der Waals surface area contributed by atoms with Crippen LogP contribution in [0.15, 0.2) is 53.5 Å². The number of benzene rings is 1. The molecule has 1 aromatic carbocycles. The van der Waals surface area contributed by atoms with Crippen molar-refractivity contribution in [1.82, 2.24) is 19.5 Å². The minimum absolute atomic E-state index is 0.0631. The minimum Gasteiger partial charge on any atom is -0.350 e. The number of hydrogen-bond acceptors (Lipinski definition) is 3. The number of amides is 1. The molecule has 0 saturated carbocycles. The SMILES string of the molecule is O=C(Cn1nc2ccccn2c1=O)NCc1ccccc1F. The Morgan fingerprint density at radius 3 is 2.73 bits per heavy atom. The van der Waals surface area contributed by atoms with Crippen LogP contribution in [-0.2, 0) is 17.9 Å². The van der Waals surface area contributed by atoms with Gasteiger partial charge in [-0.15, -0.1) is 5.10 Å². The zero-order chi connectivity index (χ0) is 15.5. The summed E-state index contributed by atoms with van der Waals surface area (Å²) in [4.78, 5) is 23.9. The van der Waals surface area contributed by atoms with Gasteiger partial charge in [0.2, 0.25) is 5.91 Å². The molecule has 1 N–H and O–H groups in total. The molecule has 0 atom stereocenters. The number of hydrogen-bond donors (Lipinski definition) is 1. The molecule has 1 amide bonds. The van der Waals surface area contributed by atoms with Crippen molar-refractivity contribution in [2.45, 2.75) is 13.1 Å². The van der Waals surface area contributed by atoms with Crippen LogP contribution >= 0.6 is 0 Å². The molecule has 0 aliphatic heterocycles. The second-order valence-corrected chi connectivity index (χ2v) is 4.74. The number of aromatic nitrogens is 3. The fraction of sp³-hybridized carbons (Fsp3) is 0.133. The van der Waals surface area contributed by atoms with Gasteiger partial charge in [-0.1, -0.05) is 24.3 Å². The van der Waals surface area contributed by atoms with Gasteiger partial charge in [0.15, 0.2) is 5.65 Å². The fourth-order valence-corrected chi connectivity index (χ4v) is 2.10. The molecule has 6 nitrogen and oxygen atoms in total. The monoisotopic (exact) mass is 300 g/mol. The summed E-state index contributed by atoms with van der Waals surface area (Å²) in [6.07, 6.45) is 1.58. The van der Waals surface area contributed by atoms with Gasteiger partial charge >= 0.3 is 5.69 Å². The van der Waals surface area contributed by atoms with Crippen LogP contribution in [0.25, 0.3) is 5.65 Å². The van der Waals surface area contributed by atoms with Gasteiger partial charge in [0.1, 0.15) is 12.4 Å². The van der Waals surface area contributed by atoms with Gasteiger partial charge in [-0.25, -0.2) is 13.9 Å². The van der Waals surface area contributed by atoms with Gasteiger partial charge in [0.05, 0.1) is 0 Å². The summed E-state index contributed by atoms with van der Waals surface area (Å²) in [6.45, 7) is -0.150. The summed E-state index contributed by atoms with van der Waals surface area (Å²) < 4.78 is 15.9. The molecule has 0 fully saturated rings. The first kappa shape index (κ1) is 14.0. The number of fused-ring (bicyclic) bond motifs is 1. The average molecular weight is 300 g/mol. The first-order chi connectivity index (χ1) is 10.6. The molecular formula is C15H13FN4O2. The van der Waals surface area contributed by atoms with E-state index >= 15 is 0 Å². The summed E-state index contributed by atoms with van der Waals surface area (Å²) >= 11 is 0. The molecule has 0 unspecified atom stereocenters. The van der Waals surface area contributed by atoms with E-state index in [0.29, 0.717) is 11.2 Å². The van der Waals surface area contributed by atoms with Crippen molar-refractivity contribution in [3.63, 3.8) is 0 Å². The molecular weight excluding hydrogens is 287 g/mol.